The number of rotatable bonds is 2. The standard InChI is InChI=1S/C15H16Cl3N5/c16-15(17,18)13-20-12(11-5-2-1-3-6-11)21-14(22-13)23-9-4-7-19-8-10-23/h1-3,5-6,19H,4,7-10H2. The monoisotopic (exact) mass is 371 g/mol. The Hall–Kier alpha value is -1.14. The lowest BCUT2D eigenvalue weighted by Crippen LogP contribution is -2.30. The summed E-state index contributed by atoms with van der Waals surface area (Å²) in [6, 6.07) is 9.62. The molecule has 2 heterocycles. The van der Waals surface area contributed by atoms with Gasteiger partial charge >= 0.3 is 0 Å². The zero-order valence-electron chi connectivity index (χ0n) is 12.3. The van der Waals surface area contributed by atoms with E-state index in [1.807, 2.05) is 30.3 Å². The van der Waals surface area contributed by atoms with Gasteiger partial charge in [0, 0.05) is 25.2 Å². The van der Waals surface area contributed by atoms with E-state index in [2.05, 4.69) is 25.2 Å². The lowest BCUT2D eigenvalue weighted by Gasteiger charge is -2.22. The van der Waals surface area contributed by atoms with E-state index in [9.17, 15) is 0 Å². The molecule has 0 aliphatic carbocycles. The van der Waals surface area contributed by atoms with Crippen LogP contribution in [0.5, 0.6) is 0 Å². The molecule has 1 aromatic heterocycles. The Morgan fingerprint density at radius 1 is 0.957 bits per heavy atom. The lowest BCUT2D eigenvalue weighted by molar-refractivity contribution is 0.724. The molecule has 8 heteroatoms. The molecule has 1 aromatic carbocycles. The molecule has 0 radical (unpaired) electrons. The molecule has 1 aliphatic rings. The molecule has 0 atom stereocenters. The van der Waals surface area contributed by atoms with E-state index in [0.29, 0.717) is 11.8 Å². The first-order valence-corrected chi connectivity index (χ1v) is 8.52. The van der Waals surface area contributed by atoms with Gasteiger partial charge in [0.1, 0.15) is 0 Å². The van der Waals surface area contributed by atoms with Crippen molar-refractivity contribution in [1.29, 1.82) is 0 Å². The van der Waals surface area contributed by atoms with Crippen molar-refractivity contribution in [2.24, 2.45) is 0 Å². The highest BCUT2D eigenvalue weighted by molar-refractivity contribution is 6.66. The molecule has 0 bridgehead atoms. The maximum Gasteiger partial charge on any atom is 0.250 e. The van der Waals surface area contributed by atoms with Gasteiger partial charge in [0.2, 0.25) is 9.74 Å². The SMILES string of the molecule is ClC(Cl)(Cl)c1nc(-c2ccccc2)nc(N2CCCNCC2)n1. The van der Waals surface area contributed by atoms with Crippen LogP contribution in [0.2, 0.25) is 0 Å². The van der Waals surface area contributed by atoms with Gasteiger partial charge < -0.3 is 10.2 Å². The number of anilines is 1. The first-order chi connectivity index (χ1) is 11.0. The molecular formula is C15H16Cl3N5. The highest BCUT2D eigenvalue weighted by Gasteiger charge is 2.29. The normalized spacial score (nSPS) is 16.2. The van der Waals surface area contributed by atoms with Gasteiger partial charge in [-0.1, -0.05) is 65.1 Å². The van der Waals surface area contributed by atoms with Gasteiger partial charge in [-0.05, 0) is 13.0 Å². The predicted molar refractivity (Wildman–Crippen MR) is 94.2 cm³/mol. The minimum absolute atomic E-state index is 0.142. The van der Waals surface area contributed by atoms with Crippen LogP contribution in [0.15, 0.2) is 30.3 Å². The van der Waals surface area contributed by atoms with Crippen molar-refractivity contribution >= 4 is 40.8 Å². The Kier molecular flexibility index (Phi) is 5.21. The van der Waals surface area contributed by atoms with Crippen molar-refractivity contribution in [2.45, 2.75) is 10.2 Å². The van der Waals surface area contributed by atoms with Crippen LogP contribution in [-0.2, 0) is 3.79 Å². The van der Waals surface area contributed by atoms with E-state index in [1.165, 1.54) is 0 Å². The number of hydrogen-bond donors (Lipinski definition) is 1. The molecule has 0 unspecified atom stereocenters. The topological polar surface area (TPSA) is 53.9 Å². The molecule has 1 N–H and O–H groups in total. The van der Waals surface area contributed by atoms with Gasteiger partial charge in [0.05, 0.1) is 0 Å². The number of nitrogens with zero attached hydrogens (tertiary/aromatic N) is 4. The predicted octanol–water partition coefficient (Wildman–Crippen LogP) is 3.17. The Morgan fingerprint density at radius 3 is 2.48 bits per heavy atom. The molecule has 0 saturated carbocycles. The summed E-state index contributed by atoms with van der Waals surface area (Å²) < 4.78 is -1.69. The maximum absolute atomic E-state index is 6.01. The number of nitrogens with one attached hydrogen (secondary N) is 1. The quantitative estimate of drug-likeness (QED) is 0.821. The van der Waals surface area contributed by atoms with E-state index in [4.69, 9.17) is 34.8 Å². The Bertz CT molecular complexity index is 652. The van der Waals surface area contributed by atoms with E-state index in [0.717, 1.165) is 38.2 Å². The maximum atomic E-state index is 6.01. The molecule has 122 valence electrons. The third-order valence-electron chi connectivity index (χ3n) is 3.53. The summed E-state index contributed by atoms with van der Waals surface area (Å²) in [5, 5.41) is 3.35. The first kappa shape index (κ1) is 16.7. The van der Waals surface area contributed by atoms with Crippen LogP contribution in [0.4, 0.5) is 5.95 Å². The average molecular weight is 373 g/mol. The van der Waals surface area contributed by atoms with Crippen LogP contribution in [0.1, 0.15) is 12.2 Å². The Labute approximate surface area is 150 Å². The van der Waals surface area contributed by atoms with Crippen LogP contribution in [-0.4, -0.2) is 41.1 Å². The van der Waals surface area contributed by atoms with E-state index >= 15 is 0 Å². The Balaban J connectivity index is 2.04. The van der Waals surface area contributed by atoms with Gasteiger partial charge in [0.25, 0.3) is 0 Å². The largest absolute Gasteiger partial charge is 0.339 e. The molecule has 2 aromatic rings. The van der Waals surface area contributed by atoms with Crippen molar-refractivity contribution < 1.29 is 0 Å². The van der Waals surface area contributed by atoms with E-state index < -0.39 is 3.79 Å². The summed E-state index contributed by atoms with van der Waals surface area (Å²) in [7, 11) is 0. The van der Waals surface area contributed by atoms with Crippen LogP contribution in [0.25, 0.3) is 11.4 Å². The van der Waals surface area contributed by atoms with Gasteiger partial charge in [-0.3, -0.25) is 0 Å². The number of alkyl halides is 3. The molecule has 5 nitrogen and oxygen atoms in total. The van der Waals surface area contributed by atoms with Crippen LogP contribution in [0.3, 0.4) is 0 Å². The van der Waals surface area contributed by atoms with Crippen molar-refractivity contribution in [3.63, 3.8) is 0 Å². The summed E-state index contributed by atoms with van der Waals surface area (Å²) in [5.41, 5.74) is 0.861. The molecule has 1 saturated heterocycles. The number of hydrogen-bond acceptors (Lipinski definition) is 5. The summed E-state index contributed by atoms with van der Waals surface area (Å²) >= 11 is 18.0. The summed E-state index contributed by atoms with van der Waals surface area (Å²) in [5.74, 6) is 1.20. The summed E-state index contributed by atoms with van der Waals surface area (Å²) in [4.78, 5) is 15.4. The molecule has 3 rings (SSSR count). The van der Waals surface area contributed by atoms with Crippen molar-refractivity contribution in [1.82, 2.24) is 20.3 Å². The highest BCUT2D eigenvalue weighted by Crippen LogP contribution is 2.37. The minimum atomic E-state index is -1.69. The van der Waals surface area contributed by atoms with E-state index in [1.54, 1.807) is 0 Å². The zero-order chi connectivity index (χ0) is 16.3. The summed E-state index contributed by atoms with van der Waals surface area (Å²) in [6.45, 7) is 3.50. The Morgan fingerprint density at radius 2 is 1.74 bits per heavy atom. The van der Waals surface area contributed by atoms with Crippen molar-refractivity contribution in [2.75, 3.05) is 31.1 Å². The summed E-state index contributed by atoms with van der Waals surface area (Å²) in [6.07, 6.45) is 1.01. The smallest absolute Gasteiger partial charge is 0.250 e. The fourth-order valence-corrected chi connectivity index (χ4v) is 2.65. The van der Waals surface area contributed by atoms with Gasteiger partial charge in [0.15, 0.2) is 11.6 Å². The first-order valence-electron chi connectivity index (χ1n) is 7.38. The van der Waals surface area contributed by atoms with Gasteiger partial charge in [-0.25, -0.2) is 4.98 Å². The van der Waals surface area contributed by atoms with Crippen LogP contribution >= 0.6 is 34.8 Å². The second-order valence-electron chi connectivity index (χ2n) is 5.24. The van der Waals surface area contributed by atoms with Gasteiger partial charge in [-0.2, -0.15) is 9.97 Å². The fourth-order valence-electron chi connectivity index (χ4n) is 2.40. The number of benzene rings is 1. The zero-order valence-corrected chi connectivity index (χ0v) is 14.6. The third-order valence-corrected chi connectivity index (χ3v) is 4.04. The van der Waals surface area contributed by atoms with Gasteiger partial charge in [-0.15, -0.1) is 0 Å². The number of halogens is 3. The fraction of sp³-hybridized carbons (Fsp3) is 0.400. The third kappa shape index (κ3) is 4.23. The molecular weight excluding hydrogens is 357 g/mol. The van der Waals surface area contributed by atoms with Crippen molar-refractivity contribution in [3.05, 3.63) is 36.2 Å². The second kappa shape index (κ2) is 7.18. The molecule has 0 amide bonds. The van der Waals surface area contributed by atoms with Crippen molar-refractivity contribution in [3.8, 4) is 11.4 Å². The number of aromatic nitrogens is 3. The van der Waals surface area contributed by atoms with E-state index in [-0.39, 0.29) is 5.82 Å². The molecule has 23 heavy (non-hydrogen) atoms. The second-order valence-corrected chi connectivity index (χ2v) is 7.52. The minimum Gasteiger partial charge on any atom is -0.339 e. The van der Waals surface area contributed by atoms with Crippen LogP contribution in [0, 0.1) is 0 Å². The lowest BCUT2D eigenvalue weighted by atomic mass is 10.2. The van der Waals surface area contributed by atoms with Crippen LogP contribution < -0.4 is 10.2 Å². The molecule has 1 fully saturated rings. The molecule has 1 aliphatic heterocycles. The molecule has 0 spiro atoms. The highest BCUT2D eigenvalue weighted by atomic mass is 35.6. The average Bonchev–Trinajstić information content (AvgIpc) is 2.84.